The first kappa shape index (κ1) is 24.2. The molecule has 1 N–H and O–H groups in total. The van der Waals surface area contributed by atoms with Gasteiger partial charge in [0.2, 0.25) is 29.4 Å². The molecule has 1 aliphatic heterocycles. The van der Waals surface area contributed by atoms with Gasteiger partial charge in [0.25, 0.3) is 0 Å². The topological polar surface area (TPSA) is 142 Å². The Morgan fingerprint density at radius 2 is 1.90 bits per heavy atom. The van der Waals surface area contributed by atoms with Crippen LogP contribution >= 0.6 is 0 Å². The van der Waals surface area contributed by atoms with Crippen LogP contribution in [-0.4, -0.2) is 38.6 Å². The molecule has 0 spiro atoms. The molecule has 11 nitrogen and oxygen atoms in total. The van der Waals surface area contributed by atoms with Crippen molar-refractivity contribution in [1.29, 1.82) is 0 Å². The second-order valence-electron chi connectivity index (χ2n) is 8.93. The van der Waals surface area contributed by atoms with E-state index in [0.29, 0.717) is 28.2 Å². The van der Waals surface area contributed by atoms with Crippen LogP contribution in [0.1, 0.15) is 30.3 Å². The molecule has 1 unspecified atom stereocenters. The standard InChI is InChI=1S/C27H20FN5O6/c1-37-22-7-3-6-17(29-22)15-4-2-5-16(24(15)28)25-31-23(39-32-25)13-14-8-10-20-19(12-14)33(27(36)38-20)18-9-11-21(34)30-26(18)35/h2-8,10,12,18H,9,11,13H2,1H3,(H,30,34,35). The van der Waals surface area contributed by atoms with Crippen molar-refractivity contribution in [2.75, 3.05) is 7.11 Å². The van der Waals surface area contributed by atoms with Gasteiger partial charge in [0.15, 0.2) is 5.58 Å². The lowest BCUT2D eigenvalue weighted by Gasteiger charge is -2.21. The van der Waals surface area contributed by atoms with E-state index in [9.17, 15) is 14.4 Å². The minimum Gasteiger partial charge on any atom is -0.481 e. The number of benzene rings is 2. The molecule has 1 aliphatic rings. The van der Waals surface area contributed by atoms with Crippen LogP contribution in [0.4, 0.5) is 4.39 Å². The SMILES string of the molecule is COc1cccc(-c2cccc(-c3noc(Cc4ccc5oc(=O)n(C6CCC(=O)NC6=O)c5c4)n3)c2F)n1. The highest BCUT2D eigenvalue weighted by molar-refractivity contribution is 6.00. The molecule has 196 valence electrons. The van der Waals surface area contributed by atoms with E-state index >= 15 is 4.39 Å². The van der Waals surface area contributed by atoms with Crippen LogP contribution in [0.25, 0.3) is 33.7 Å². The predicted molar refractivity (Wildman–Crippen MR) is 134 cm³/mol. The number of nitrogens with one attached hydrogen (secondary N) is 1. The summed E-state index contributed by atoms with van der Waals surface area (Å²) in [6.45, 7) is 0. The first-order valence-electron chi connectivity index (χ1n) is 12.0. The Labute approximate surface area is 219 Å². The Bertz CT molecular complexity index is 1810. The number of carbonyl (C=O) groups is 2. The number of hydrogen-bond acceptors (Lipinski definition) is 9. The summed E-state index contributed by atoms with van der Waals surface area (Å²) in [6.07, 6.45) is 0.481. The fraction of sp³-hybridized carbons (Fsp3) is 0.185. The first-order valence-corrected chi connectivity index (χ1v) is 12.0. The number of carbonyl (C=O) groups excluding carboxylic acids is 2. The van der Waals surface area contributed by atoms with Crippen molar-refractivity contribution in [3.8, 4) is 28.5 Å². The lowest BCUT2D eigenvalue weighted by molar-refractivity contribution is -0.135. The van der Waals surface area contributed by atoms with Gasteiger partial charge in [-0.05, 0) is 42.3 Å². The Hall–Kier alpha value is -5.13. The second-order valence-corrected chi connectivity index (χ2v) is 8.93. The summed E-state index contributed by atoms with van der Waals surface area (Å²) in [6, 6.07) is 14.0. The molecule has 39 heavy (non-hydrogen) atoms. The minimum atomic E-state index is -0.865. The van der Waals surface area contributed by atoms with Gasteiger partial charge in [-0.1, -0.05) is 23.4 Å². The molecular formula is C27H20FN5O6. The lowest BCUT2D eigenvalue weighted by atomic mass is 10.1. The number of nitrogens with zero attached hydrogens (tertiary/aromatic N) is 4. The third-order valence-electron chi connectivity index (χ3n) is 6.47. The maximum Gasteiger partial charge on any atom is 0.420 e. The zero-order valence-electron chi connectivity index (χ0n) is 20.5. The Balaban J connectivity index is 1.29. The monoisotopic (exact) mass is 529 g/mol. The van der Waals surface area contributed by atoms with E-state index in [0.717, 1.165) is 0 Å². The highest BCUT2D eigenvalue weighted by Gasteiger charge is 2.31. The van der Waals surface area contributed by atoms with E-state index in [4.69, 9.17) is 13.7 Å². The van der Waals surface area contributed by atoms with E-state index in [-0.39, 0.29) is 48.0 Å². The Kier molecular flexibility index (Phi) is 5.98. The van der Waals surface area contributed by atoms with Crippen LogP contribution < -0.4 is 15.8 Å². The number of ether oxygens (including phenoxy) is 1. The van der Waals surface area contributed by atoms with E-state index in [1.807, 2.05) is 0 Å². The summed E-state index contributed by atoms with van der Waals surface area (Å²) in [4.78, 5) is 45.1. The molecular weight excluding hydrogens is 509 g/mol. The Morgan fingerprint density at radius 1 is 1.08 bits per heavy atom. The molecule has 1 saturated heterocycles. The van der Waals surface area contributed by atoms with Crippen molar-refractivity contribution in [2.24, 2.45) is 0 Å². The number of rotatable bonds is 6. The van der Waals surface area contributed by atoms with E-state index in [1.54, 1.807) is 54.6 Å². The van der Waals surface area contributed by atoms with Gasteiger partial charge in [0.05, 0.1) is 30.3 Å². The molecule has 0 radical (unpaired) electrons. The molecule has 0 aliphatic carbocycles. The highest BCUT2D eigenvalue weighted by Crippen LogP contribution is 2.30. The molecule has 2 aromatic carbocycles. The molecule has 2 amide bonds. The summed E-state index contributed by atoms with van der Waals surface area (Å²) >= 11 is 0. The molecule has 6 rings (SSSR count). The third-order valence-corrected chi connectivity index (χ3v) is 6.47. The first-order chi connectivity index (χ1) is 18.9. The Morgan fingerprint density at radius 3 is 2.72 bits per heavy atom. The molecule has 12 heteroatoms. The van der Waals surface area contributed by atoms with Crippen LogP contribution in [0.15, 0.2) is 68.3 Å². The van der Waals surface area contributed by atoms with Gasteiger partial charge >= 0.3 is 5.76 Å². The van der Waals surface area contributed by atoms with Crippen molar-refractivity contribution >= 4 is 22.9 Å². The van der Waals surface area contributed by atoms with E-state index in [2.05, 4.69) is 20.4 Å². The third kappa shape index (κ3) is 4.45. The summed E-state index contributed by atoms with van der Waals surface area (Å²) in [7, 11) is 1.48. The average molecular weight is 529 g/mol. The molecule has 0 saturated carbocycles. The van der Waals surface area contributed by atoms with Crippen molar-refractivity contribution in [3.63, 3.8) is 0 Å². The second kappa shape index (κ2) is 9.63. The van der Waals surface area contributed by atoms with Gasteiger partial charge < -0.3 is 13.7 Å². The van der Waals surface area contributed by atoms with Crippen molar-refractivity contribution in [1.82, 2.24) is 25.0 Å². The summed E-state index contributed by atoms with van der Waals surface area (Å²) in [5.74, 6) is -1.56. The van der Waals surface area contributed by atoms with Gasteiger partial charge in [-0.3, -0.25) is 19.5 Å². The van der Waals surface area contributed by atoms with Gasteiger partial charge in [0, 0.05) is 18.1 Å². The number of halogens is 1. The van der Waals surface area contributed by atoms with Crippen LogP contribution in [0, 0.1) is 5.82 Å². The smallest absolute Gasteiger partial charge is 0.420 e. The van der Waals surface area contributed by atoms with Crippen molar-refractivity contribution in [2.45, 2.75) is 25.3 Å². The van der Waals surface area contributed by atoms with Gasteiger partial charge in [-0.25, -0.2) is 14.2 Å². The van der Waals surface area contributed by atoms with Crippen LogP contribution in [0.2, 0.25) is 0 Å². The maximum absolute atomic E-state index is 15.5. The zero-order valence-corrected chi connectivity index (χ0v) is 20.5. The molecule has 3 aromatic heterocycles. The summed E-state index contributed by atoms with van der Waals surface area (Å²) in [5, 5.41) is 6.21. The fourth-order valence-electron chi connectivity index (χ4n) is 4.60. The van der Waals surface area contributed by atoms with Crippen molar-refractivity contribution < 1.29 is 27.7 Å². The zero-order chi connectivity index (χ0) is 27.1. The number of pyridine rings is 1. The summed E-state index contributed by atoms with van der Waals surface area (Å²) in [5.41, 5.74) is 2.18. The number of aromatic nitrogens is 4. The van der Waals surface area contributed by atoms with Crippen LogP contribution in [0.3, 0.4) is 0 Å². The van der Waals surface area contributed by atoms with Crippen molar-refractivity contribution in [3.05, 3.63) is 82.4 Å². The number of piperidine rings is 1. The molecule has 1 fully saturated rings. The number of oxazole rings is 1. The van der Waals surface area contributed by atoms with Gasteiger partial charge in [0.1, 0.15) is 11.9 Å². The van der Waals surface area contributed by atoms with Gasteiger partial charge in [-0.15, -0.1) is 0 Å². The predicted octanol–water partition coefficient (Wildman–Crippen LogP) is 3.42. The average Bonchev–Trinajstić information content (AvgIpc) is 3.52. The number of methoxy groups -OCH3 is 1. The number of imide groups is 1. The minimum absolute atomic E-state index is 0.0667. The number of hydrogen-bond donors (Lipinski definition) is 1. The lowest BCUT2D eigenvalue weighted by Crippen LogP contribution is -2.43. The molecule has 0 bridgehead atoms. The molecule has 4 heterocycles. The van der Waals surface area contributed by atoms with Crippen LogP contribution in [0.5, 0.6) is 5.88 Å². The van der Waals surface area contributed by atoms with E-state index in [1.165, 1.54) is 11.7 Å². The summed E-state index contributed by atoms with van der Waals surface area (Å²) < 4.78 is 32.6. The normalized spacial score (nSPS) is 15.5. The largest absolute Gasteiger partial charge is 0.481 e. The van der Waals surface area contributed by atoms with E-state index < -0.39 is 23.5 Å². The van der Waals surface area contributed by atoms with Crippen LogP contribution in [-0.2, 0) is 16.0 Å². The number of fused-ring (bicyclic) bond motifs is 1. The molecule has 5 aromatic rings. The van der Waals surface area contributed by atoms with Gasteiger partial charge in [-0.2, -0.15) is 4.98 Å². The molecule has 1 atom stereocenters. The number of amides is 2. The highest BCUT2D eigenvalue weighted by atomic mass is 19.1. The quantitative estimate of drug-likeness (QED) is 0.327. The fourth-order valence-corrected chi connectivity index (χ4v) is 4.60. The maximum atomic E-state index is 15.5.